The number of nitrogens with one attached hydrogen (secondary N) is 1. The van der Waals surface area contributed by atoms with Crippen LogP contribution in [-0.4, -0.2) is 29.0 Å². The third-order valence-electron chi connectivity index (χ3n) is 4.07. The largest absolute Gasteiger partial charge is 0.341 e. The minimum Gasteiger partial charge on any atom is -0.341 e. The molecule has 0 unspecified atom stereocenters. The van der Waals surface area contributed by atoms with Crippen molar-refractivity contribution in [1.29, 1.82) is 0 Å². The topological polar surface area (TPSA) is 58.1 Å². The maximum Gasteiger partial charge on any atom is 0.274 e. The van der Waals surface area contributed by atoms with Gasteiger partial charge in [0.05, 0.1) is 0 Å². The maximum atomic E-state index is 13.0. The molecule has 6 heteroatoms. The minimum atomic E-state index is -0.339. The number of aromatic nitrogens is 2. The number of carbonyl (C=O) groups excluding carboxylic acids is 1. The second-order valence-corrected chi connectivity index (χ2v) is 6.06. The van der Waals surface area contributed by atoms with E-state index in [-0.39, 0.29) is 11.7 Å². The van der Waals surface area contributed by atoms with Gasteiger partial charge in [0, 0.05) is 24.5 Å². The van der Waals surface area contributed by atoms with Crippen molar-refractivity contribution >= 4 is 17.5 Å². The van der Waals surface area contributed by atoms with Crippen LogP contribution in [0.5, 0.6) is 0 Å². The number of rotatable bonds is 3. The summed E-state index contributed by atoms with van der Waals surface area (Å²) in [5.74, 6) is -0.0429. The van der Waals surface area contributed by atoms with Gasteiger partial charge in [0.15, 0.2) is 0 Å². The van der Waals surface area contributed by atoms with Crippen molar-refractivity contribution in [3.63, 3.8) is 0 Å². The highest BCUT2D eigenvalue weighted by atomic mass is 19.1. The molecule has 0 radical (unpaired) electrons. The van der Waals surface area contributed by atoms with E-state index in [1.54, 1.807) is 6.07 Å². The first-order valence-corrected chi connectivity index (χ1v) is 8.29. The number of carbonyl (C=O) groups is 1. The average molecular weight is 328 g/mol. The van der Waals surface area contributed by atoms with Crippen LogP contribution in [0.15, 0.2) is 30.3 Å². The predicted molar refractivity (Wildman–Crippen MR) is 91.8 cm³/mol. The van der Waals surface area contributed by atoms with Crippen LogP contribution in [0, 0.1) is 12.7 Å². The number of hydrogen-bond donors (Lipinski definition) is 1. The molecule has 1 aliphatic rings. The van der Waals surface area contributed by atoms with Crippen molar-refractivity contribution in [2.45, 2.75) is 32.6 Å². The van der Waals surface area contributed by atoms with Crippen LogP contribution in [0.2, 0.25) is 0 Å². The fraction of sp³-hybridized carbons (Fsp3) is 0.389. The van der Waals surface area contributed by atoms with Gasteiger partial charge in [-0.1, -0.05) is 12.8 Å². The van der Waals surface area contributed by atoms with Gasteiger partial charge < -0.3 is 10.2 Å². The Balaban J connectivity index is 1.79. The molecule has 0 saturated carbocycles. The van der Waals surface area contributed by atoms with E-state index in [1.165, 1.54) is 37.1 Å². The van der Waals surface area contributed by atoms with Gasteiger partial charge in [-0.3, -0.25) is 4.79 Å². The van der Waals surface area contributed by atoms with Gasteiger partial charge in [-0.2, -0.15) is 0 Å². The monoisotopic (exact) mass is 328 g/mol. The standard InChI is InChI=1S/C18H21FN4O/c1-13-12-16(17(24)21-15-8-6-14(19)7-9-15)22-18(20-13)23-10-4-2-3-5-11-23/h6-9,12H,2-5,10-11H2,1H3,(H,21,24). The third-order valence-corrected chi connectivity index (χ3v) is 4.07. The highest BCUT2D eigenvalue weighted by molar-refractivity contribution is 6.03. The molecule has 1 amide bonds. The van der Waals surface area contributed by atoms with E-state index in [0.717, 1.165) is 31.6 Å². The fourth-order valence-electron chi connectivity index (χ4n) is 2.81. The van der Waals surface area contributed by atoms with Gasteiger partial charge in [-0.25, -0.2) is 14.4 Å². The summed E-state index contributed by atoms with van der Waals surface area (Å²) in [6, 6.07) is 7.33. The van der Waals surface area contributed by atoms with Crippen molar-refractivity contribution in [3.05, 3.63) is 47.5 Å². The summed E-state index contributed by atoms with van der Waals surface area (Å²) in [5, 5.41) is 2.74. The van der Waals surface area contributed by atoms with E-state index < -0.39 is 0 Å². The van der Waals surface area contributed by atoms with Gasteiger partial charge in [0.1, 0.15) is 11.5 Å². The Morgan fingerprint density at radius 2 is 1.75 bits per heavy atom. The average Bonchev–Trinajstić information content (AvgIpc) is 2.86. The SMILES string of the molecule is Cc1cc(C(=O)Nc2ccc(F)cc2)nc(N2CCCCCC2)n1. The highest BCUT2D eigenvalue weighted by Gasteiger charge is 2.16. The molecule has 2 aromatic rings. The zero-order valence-corrected chi connectivity index (χ0v) is 13.8. The molecule has 1 fully saturated rings. The smallest absolute Gasteiger partial charge is 0.274 e. The quantitative estimate of drug-likeness (QED) is 0.936. The van der Waals surface area contributed by atoms with Crippen LogP contribution < -0.4 is 10.2 Å². The molecule has 0 aliphatic carbocycles. The lowest BCUT2D eigenvalue weighted by Gasteiger charge is -2.21. The lowest BCUT2D eigenvalue weighted by molar-refractivity contribution is 0.102. The number of amides is 1. The maximum absolute atomic E-state index is 13.0. The van der Waals surface area contributed by atoms with E-state index in [0.29, 0.717) is 17.3 Å². The number of anilines is 2. The highest BCUT2D eigenvalue weighted by Crippen LogP contribution is 2.17. The van der Waals surface area contributed by atoms with Crippen LogP contribution in [0.1, 0.15) is 41.9 Å². The van der Waals surface area contributed by atoms with Gasteiger partial charge in [0.2, 0.25) is 5.95 Å². The first kappa shape index (κ1) is 16.4. The van der Waals surface area contributed by atoms with Crippen LogP contribution in [-0.2, 0) is 0 Å². The van der Waals surface area contributed by atoms with Crippen LogP contribution >= 0.6 is 0 Å². The number of benzene rings is 1. The first-order chi connectivity index (χ1) is 11.6. The van der Waals surface area contributed by atoms with E-state index >= 15 is 0 Å². The number of halogens is 1. The normalized spacial score (nSPS) is 15.0. The van der Waals surface area contributed by atoms with E-state index in [1.807, 2.05) is 6.92 Å². The number of aryl methyl sites for hydroxylation is 1. The summed E-state index contributed by atoms with van der Waals surface area (Å²) in [6.07, 6.45) is 4.68. The van der Waals surface area contributed by atoms with Crippen LogP contribution in [0.3, 0.4) is 0 Å². The Kier molecular flexibility index (Phi) is 5.03. The zero-order chi connectivity index (χ0) is 16.9. The van der Waals surface area contributed by atoms with Crippen LogP contribution in [0.4, 0.5) is 16.0 Å². The lowest BCUT2D eigenvalue weighted by atomic mass is 10.2. The molecule has 3 rings (SSSR count). The van der Waals surface area contributed by atoms with E-state index in [9.17, 15) is 9.18 Å². The Morgan fingerprint density at radius 1 is 1.08 bits per heavy atom. The second kappa shape index (κ2) is 7.38. The Labute approximate surface area is 140 Å². The molecule has 1 aromatic heterocycles. The summed E-state index contributed by atoms with van der Waals surface area (Å²) in [7, 11) is 0. The molecule has 1 aliphatic heterocycles. The zero-order valence-electron chi connectivity index (χ0n) is 13.8. The molecule has 0 atom stereocenters. The Hall–Kier alpha value is -2.50. The van der Waals surface area contributed by atoms with Crippen molar-refractivity contribution < 1.29 is 9.18 Å². The Morgan fingerprint density at radius 3 is 2.42 bits per heavy atom. The van der Waals surface area contributed by atoms with Crippen molar-refractivity contribution in [2.75, 3.05) is 23.3 Å². The summed E-state index contributed by atoms with van der Waals surface area (Å²) in [4.78, 5) is 23.5. The third kappa shape index (κ3) is 4.07. The minimum absolute atomic E-state index is 0.316. The van der Waals surface area contributed by atoms with Gasteiger partial charge in [0.25, 0.3) is 5.91 Å². The summed E-state index contributed by atoms with van der Waals surface area (Å²) >= 11 is 0. The van der Waals surface area contributed by atoms with Gasteiger partial charge in [-0.05, 0) is 50.1 Å². The lowest BCUT2D eigenvalue weighted by Crippen LogP contribution is -2.27. The summed E-state index contributed by atoms with van der Waals surface area (Å²) in [6.45, 7) is 3.70. The van der Waals surface area contributed by atoms with Gasteiger partial charge in [-0.15, -0.1) is 0 Å². The van der Waals surface area contributed by atoms with E-state index in [2.05, 4.69) is 20.2 Å². The number of nitrogens with zero attached hydrogens (tertiary/aromatic N) is 3. The molecule has 2 heterocycles. The molecule has 1 N–H and O–H groups in total. The van der Waals surface area contributed by atoms with Crippen molar-refractivity contribution in [1.82, 2.24) is 9.97 Å². The molecule has 5 nitrogen and oxygen atoms in total. The molecule has 1 aromatic carbocycles. The molecule has 1 saturated heterocycles. The molecule has 126 valence electrons. The molecular formula is C18H21FN4O. The Bertz CT molecular complexity index is 709. The van der Waals surface area contributed by atoms with Crippen molar-refractivity contribution in [3.8, 4) is 0 Å². The molecule has 0 bridgehead atoms. The van der Waals surface area contributed by atoms with E-state index in [4.69, 9.17) is 0 Å². The second-order valence-electron chi connectivity index (χ2n) is 6.06. The summed E-state index contributed by atoms with van der Waals surface area (Å²) in [5.41, 5.74) is 1.62. The molecular weight excluding hydrogens is 307 g/mol. The summed E-state index contributed by atoms with van der Waals surface area (Å²) < 4.78 is 13.0. The fourth-order valence-corrected chi connectivity index (χ4v) is 2.81. The molecule has 0 spiro atoms. The molecule has 24 heavy (non-hydrogen) atoms. The predicted octanol–water partition coefficient (Wildman–Crippen LogP) is 3.56. The van der Waals surface area contributed by atoms with Gasteiger partial charge >= 0.3 is 0 Å². The number of hydrogen-bond acceptors (Lipinski definition) is 4. The van der Waals surface area contributed by atoms with Crippen LogP contribution in [0.25, 0.3) is 0 Å². The first-order valence-electron chi connectivity index (χ1n) is 8.29. The van der Waals surface area contributed by atoms with Crippen molar-refractivity contribution in [2.24, 2.45) is 0 Å².